The number of rotatable bonds is 3. The lowest BCUT2D eigenvalue weighted by atomic mass is 9.63. The largest absolute Gasteiger partial charge is 0.390 e. The molecule has 4 heteroatoms. The van der Waals surface area contributed by atoms with E-state index in [-0.39, 0.29) is 11.3 Å². The zero-order valence-corrected chi connectivity index (χ0v) is 14.2. The number of hydrogen-bond donors (Lipinski definition) is 1. The minimum absolute atomic E-state index is 0.285. The monoisotopic (exact) mass is 333 g/mol. The van der Waals surface area contributed by atoms with Crippen molar-refractivity contribution in [3.8, 4) is 0 Å². The van der Waals surface area contributed by atoms with Crippen LogP contribution in [-0.4, -0.2) is 34.6 Å². The Morgan fingerprint density at radius 2 is 1.70 bits per heavy atom. The molecule has 0 unspecified atom stereocenters. The number of carbonyl (C=O) groups is 1. The van der Waals surface area contributed by atoms with Gasteiger partial charge in [-0.2, -0.15) is 0 Å². The van der Waals surface area contributed by atoms with Gasteiger partial charge in [0, 0.05) is 18.1 Å². The molecular weight excluding hydrogens is 310 g/mol. The minimum Gasteiger partial charge on any atom is -0.390 e. The molecule has 3 nitrogen and oxygen atoms in total. The Morgan fingerprint density at radius 1 is 1.09 bits per heavy atom. The minimum atomic E-state index is -0.403. The number of likely N-dealkylation sites (tertiary alicyclic amines) is 1. The molecule has 0 spiro atoms. The molecule has 0 atom stereocenters. The van der Waals surface area contributed by atoms with Crippen molar-refractivity contribution in [2.75, 3.05) is 13.1 Å². The fourth-order valence-electron chi connectivity index (χ4n) is 4.38. The Balaban J connectivity index is 1.48. The molecule has 1 amide bonds. The van der Waals surface area contributed by atoms with Gasteiger partial charge in [0.2, 0.25) is 5.91 Å². The van der Waals surface area contributed by atoms with E-state index in [2.05, 4.69) is 0 Å². The van der Waals surface area contributed by atoms with Crippen LogP contribution in [0.2, 0.25) is 5.02 Å². The molecule has 4 rings (SSSR count). The van der Waals surface area contributed by atoms with Crippen LogP contribution in [0.15, 0.2) is 24.3 Å². The molecule has 1 N–H and O–H groups in total. The van der Waals surface area contributed by atoms with E-state index in [1.54, 1.807) is 0 Å². The zero-order chi connectivity index (χ0) is 16.1. The summed E-state index contributed by atoms with van der Waals surface area (Å²) in [5.41, 5.74) is 0.383. The molecule has 1 aliphatic heterocycles. The van der Waals surface area contributed by atoms with Gasteiger partial charge in [0.05, 0.1) is 11.0 Å². The maximum atomic E-state index is 13.2. The van der Waals surface area contributed by atoms with E-state index in [0.717, 1.165) is 63.6 Å². The summed E-state index contributed by atoms with van der Waals surface area (Å²) in [6, 6.07) is 7.80. The lowest BCUT2D eigenvalue weighted by Crippen LogP contribution is -2.53. The van der Waals surface area contributed by atoms with Gasteiger partial charge in [-0.1, -0.05) is 30.2 Å². The van der Waals surface area contributed by atoms with Gasteiger partial charge in [0.15, 0.2) is 0 Å². The first kappa shape index (κ1) is 15.5. The maximum Gasteiger partial charge on any atom is 0.233 e. The van der Waals surface area contributed by atoms with Crippen LogP contribution in [-0.2, 0) is 10.2 Å². The number of amides is 1. The number of carbonyl (C=O) groups excluding carboxylic acids is 1. The van der Waals surface area contributed by atoms with Crippen LogP contribution in [0.1, 0.15) is 50.5 Å². The topological polar surface area (TPSA) is 40.5 Å². The molecule has 2 aliphatic carbocycles. The summed E-state index contributed by atoms with van der Waals surface area (Å²) in [7, 11) is 0. The quantitative estimate of drug-likeness (QED) is 0.919. The van der Waals surface area contributed by atoms with E-state index in [9.17, 15) is 9.90 Å². The number of halogens is 1. The highest BCUT2D eigenvalue weighted by Gasteiger charge is 2.51. The van der Waals surface area contributed by atoms with Crippen molar-refractivity contribution >= 4 is 17.5 Å². The first-order valence-electron chi connectivity index (χ1n) is 8.81. The molecule has 23 heavy (non-hydrogen) atoms. The van der Waals surface area contributed by atoms with Crippen molar-refractivity contribution in [1.82, 2.24) is 4.90 Å². The van der Waals surface area contributed by atoms with Crippen molar-refractivity contribution in [3.05, 3.63) is 34.9 Å². The number of nitrogens with zero attached hydrogens (tertiary/aromatic N) is 1. The molecular formula is C19H24ClNO2. The summed E-state index contributed by atoms with van der Waals surface area (Å²) in [4.78, 5) is 15.2. The number of hydrogen-bond acceptors (Lipinski definition) is 2. The molecule has 3 fully saturated rings. The molecule has 3 aliphatic rings. The Labute approximate surface area is 142 Å². The van der Waals surface area contributed by atoms with Crippen LogP contribution >= 0.6 is 11.6 Å². The van der Waals surface area contributed by atoms with E-state index in [0.29, 0.717) is 10.9 Å². The Kier molecular flexibility index (Phi) is 3.69. The van der Waals surface area contributed by atoms with E-state index < -0.39 is 5.60 Å². The van der Waals surface area contributed by atoms with Gasteiger partial charge in [-0.25, -0.2) is 0 Å². The molecule has 0 radical (unpaired) electrons. The van der Waals surface area contributed by atoms with Crippen LogP contribution in [0.25, 0.3) is 0 Å². The average Bonchev–Trinajstić information content (AvgIpc) is 3.27. The van der Waals surface area contributed by atoms with Crippen molar-refractivity contribution in [1.29, 1.82) is 0 Å². The van der Waals surface area contributed by atoms with Crippen LogP contribution in [0.3, 0.4) is 0 Å². The lowest BCUT2D eigenvalue weighted by molar-refractivity contribution is -0.143. The second-order valence-corrected chi connectivity index (χ2v) is 8.05. The smallest absolute Gasteiger partial charge is 0.233 e. The number of aliphatic hydroxyl groups is 1. The molecule has 1 aromatic rings. The van der Waals surface area contributed by atoms with Crippen LogP contribution in [0.4, 0.5) is 0 Å². The highest BCUT2D eigenvalue weighted by Crippen LogP contribution is 2.48. The highest BCUT2D eigenvalue weighted by atomic mass is 35.5. The van der Waals surface area contributed by atoms with Crippen LogP contribution < -0.4 is 0 Å². The first-order chi connectivity index (χ1) is 11.0. The van der Waals surface area contributed by atoms with Crippen LogP contribution in [0.5, 0.6) is 0 Å². The van der Waals surface area contributed by atoms with Gasteiger partial charge in [-0.15, -0.1) is 0 Å². The third kappa shape index (κ3) is 2.58. The summed E-state index contributed by atoms with van der Waals surface area (Å²) in [5, 5.41) is 11.0. The normalized spacial score (nSPS) is 25.7. The van der Waals surface area contributed by atoms with E-state index in [1.807, 2.05) is 29.2 Å². The summed E-state index contributed by atoms with van der Waals surface area (Å²) >= 11 is 6.00. The standard InChI is InChI=1S/C19H24ClNO2/c20-16-4-2-14(3-5-16)18(8-1-9-18)17(22)21-12-6-15(7-13-21)19(23)10-11-19/h2-5,15,23H,1,6-13H2. The second kappa shape index (κ2) is 5.49. The van der Waals surface area contributed by atoms with Crippen molar-refractivity contribution in [2.24, 2.45) is 5.92 Å². The molecule has 0 aromatic heterocycles. The number of benzene rings is 1. The summed E-state index contributed by atoms with van der Waals surface area (Å²) in [6.07, 6.45) is 6.78. The third-order valence-corrected chi connectivity index (χ3v) is 6.57. The van der Waals surface area contributed by atoms with E-state index in [4.69, 9.17) is 11.6 Å². The fraction of sp³-hybridized carbons (Fsp3) is 0.632. The predicted octanol–water partition coefficient (Wildman–Crippen LogP) is 3.53. The van der Waals surface area contributed by atoms with E-state index in [1.165, 1.54) is 0 Å². The summed E-state index contributed by atoms with van der Waals surface area (Å²) in [5.74, 6) is 0.673. The van der Waals surface area contributed by atoms with Crippen molar-refractivity contribution < 1.29 is 9.90 Å². The number of piperidine rings is 1. The zero-order valence-electron chi connectivity index (χ0n) is 13.4. The highest BCUT2D eigenvalue weighted by molar-refractivity contribution is 6.30. The van der Waals surface area contributed by atoms with E-state index >= 15 is 0 Å². The predicted molar refractivity (Wildman–Crippen MR) is 90.5 cm³/mol. The van der Waals surface area contributed by atoms with Gasteiger partial charge >= 0.3 is 0 Å². The second-order valence-electron chi connectivity index (χ2n) is 7.61. The molecule has 2 saturated carbocycles. The van der Waals surface area contributed by atoms with Gasteiger partial charge in [-0.3, -0.25) is 4.79 Å². The van der Waals surface area contributed by atoms with Gasteiger partial charge < -0.3 is 10.0 Å². The van der Waals surface area contributed by atoms with Gasteiger partial charge in [-0.05, 0) is 62.1 Å². The van der Waals surface area contributed by atoms with Gasteiger partial charge in [0.1, 0.15) is 0 Å². The van der Waals surface area contributed by atoms with Crippen LogP contribution in [0, 0.1) is 5.92 Å². The molecule has 1 saturated heterocycles. The van der Waals surface area contributed by atoms with Crippen molar-refractivity contribution in [2.45, 2.75) is 56.0 Å². The Morgan fingerprint density at radius 3 is 2.17 bits per heavy atom. The third-order valence-electron chi connectivity index (χ3n) is 6.32. The van der Waals surface area contributed by atoms with Gasteiger partial charge in [0.25, 0.3) is 0 Å². The Hall–Kier alpha value is -1.06. The summed E-state index contributed by atoms with van der Waals surface area (Å²) in [6.45, 7) is 1.59. The average molecular weight is 334 g/mol. The maximum absolute atomic E-state index is 13.2. The van der Waals surface area contributed by atoms with Crippen molar-refractivity contribution in [3.63, 3.8) is 0 Å². The Bertz CT molecular complexity index is 596. The summed E-state index contributed by atoms with van der Waals surface area (Å²) < 4.78 is 0. The first-order valence-corrected chi connectivity index (χ1v) is 9.19. The molecule has 1 heterocycles. The SMILES string of the molecule is O=C(N1CCC(C2(O)CC2)CC1)C1(c2ccc(Cl)cc2)CCC1. The molecule has 124 valence electrons. The molecule has 1 aromatic carbocycles. The lowest BCUT2D eigenvalue weighted by Gasteiger charge is -2.46. The fourth-order valence-corrected chi connectivity index (χ4v) is 4.51. The molecule has 0 bridgehead atoms.